The average Bonchev–Trinajstić information content (AvgIpc) is 2.01. The molecule has 3 nitrogen and oxygen atoms in total. The Kier molecular flexibility index (Phi) is 2.82. The van der Waals surface area contributed by atoms with Crippen molar-refractivity contribution in [3.05, 3.63) is 23.5 Å². The molecular weight excluding hydrogens is 197 g/mol. The Morgan fingerprint density at radius 1 is 1.43 bits per heavy atom. The Bertz CT molecular complexity index is 387. The van der Waals surface area contributed by atoms with E-state index < -0.39 is 18.2 Å². The van der Waals surface area contributed by atoms with E-state index in [9.17, 15) is 13.2 Å². The zero-order chi connectivity index (χ0) is 10.7. The number of rotatable bonds is 2. The van der Waals surface area contributed by atoms with Gasteiger partial charge in [0.05, 0.1) is 5.69 Å². The fourth-order valence-electron chi connectivity index (χ4n) is 0.911. The minimum absolute atomic E-state index is 0.233. The van der Waals surface area contributed by atoms with Crippen LogP contribution in [0.4, 0.5) is 18.9 Å². The molecule has 0 radical (unpaired) electrons. The number of nitrogens with two attached hydrogens (primary N) is 1. The van der Waals surface area contributed by atoms with E-state index in [2.05, 4.69) is 4.74 Å². The maximum absolute atomic E-state index is 12.7. The van der Waals surface area contributed by atoms with E-state index >= 15 is 0 Å². The minimum atomic E-state index is -3.12. The third kappa shape index (κ3) is 2.07. The summed E-state index contributed by atoms with van der Waals surface area (Å²) >= 11 is 0. The molecule has 1 aromatic rings. The van der Waals surface area contributed by atoms with Crippen molar-refractivity contribution in [3.63, 3.8) is 0 Å². The fourth-order valence-corrected chi connectivity index (χ4v) is 0.911. The zero-order valence-electron chi connectivity index (χ0n) is 6.80. The van der Waals surface area contributed by atoms with Gasteiger partial charge in [-0.25, -0.2) is 4.39 Å². The highest BCUT2D eigenvalue weighted by atomic mass is 19.3. The van der Waals surface area contributed by atoms with Crippen LogP contribution in [0.1, 0.15) is 5.56 Å². The number of benzene rings is 1. The van der Waals surface area contributed by atoms with Gasteiger partial charge in [-0.1, -0.05) is 0 Å². The Balaban J connectivity index is 3.20. The standard InChI is InChI=1S/C8H5F3N2O/c9-4-1-6(13)5(3-12)7(2-4)14-8(10)11/h1-2,8H,13H2. The van der Waals surface area contributed by atoms with Gasteiger partial charge in [-0.15, -0.1) is 0 Å². The van der Waals surface area contributed by atoms with Gasteiger partial charge in [-0.05, 0) is 6.07 Å². The summed E-state index contributed by atoms with van der Waals surface area (Å²) < 4.78 is 40.2. The molecule has 0 aliphatic carbocycles. The predicted octanol–water partition coefficient (Wildman–Crippen LogP) is 1.88. The van der Waals surface area contributed by atoms with E-state index in [4.69, 9.17) is 11.0 Å². The molecule has 0 unspecified atom stereocenters. The molecule has 0 spiro atoms. The second kappa shape index (κ2) is 3.87. The molecule has 14 heavy (non-hydrogen) atoms. The number of nitrogen functional groups attached to an aromatic ring is 1. The van der Waals surface area contributed by atoms with Gasteiger partial charge < -0.3 is 10.5 Å². The largest absolute Gasteiger partial charge is 0.433 e. The topological polar surface area (TPSA) is 59.0 Å². The summed E-state index contributed by atoms with van der Waals surface area (Å²) in [7, 11) is 0. The van der Waals surface area contributed by atoms with Gasteiger partial charge in [0.1, 0.15) is 23.2 Å². The summed E-state index contributed by atoms with van der Waals surface area (Å²) in [5.41, 5.74) is 4.69. The molecule has 0 amide bonds. The molecule has 1 aromatic carbocycles. The van der Waals surface area contributed by atoms with Crippen LogP contribution in [-0.4, -0.2) is 6.61 Å². The van der Waals surface area contributed by atoms with Crippen LogP contribution in [0, 0.1) is 17.1 Å². The Morgan fingerprint density at radius 3 is 2.57 bits per heavy atom. The number of halogens is 3. The van der Waals surface area contributed by atoms with Crippen molar-refractivity contribution >= 4 is 5.69 Å². The third-order valence-electron chi connectivity index (χ3n) is 1.43. The summed E-state index contributed by atoms with van der Waals surface area (Å²) in [5.74, 6) is -1.39. The monoisotopic (exact) mass is 202 g/mol. The first kappa shape index (κ1) is 10.2. The van der Waals surface area contributed by atoms with Crippen molar-refractivity contribution in [1.29, 1.82) is 5.26 Å². The molecule has 0 heterocycles. The molecule has 1 rings (SSSR count). The quantitative estimate of drug-likeness (QED) is 0.745. The zero-order valence-corrected chi connectivity index (χ0v) is 6.80. The highest BCUT2D eigenvalue weighted by Crippen LogP contribution is 2.26. The van der Waals surface area contributed by atoms with Gasteiger partial charge in [0.2, 0.25) is 0 Å². The SMILES string of the molecule is N#Cc1c(N)cc(F)cc1OC(F)F. The van der Waals surface area contributed by atoms with Crippen molar-refractivity contribution in [2.24, 2.45) is 0 Å². The van der Waals surface area contributed by atoms with Gasteiger partial charge in [0.15, 0.2) is 0 Å². The lowest BCUT2D eigenvalue weighted by Gasteiger charge is -2.07. The second-order valence-electron chi connectivity index (χ2n) is 2.36. The third-order valence-corrected chi connectivity index (χ3v) is 1.43. The van der Waals surface area contributed by atoms with Gasteiger partial charge in [-0.2, -0.15) is 14.0 Å². The first-order chi connectivity index (χ1) is 6.54. The summed E-state index contributed by atoms with van der Waals surface area (Å²) in [6, 6.07) is 3.09. The Labute approximate surface area is 77.5 Å². The Hall–Kier alpha value is -1.90. The lowest BCUT2D eigenvalue weighted by molar-refractivity contribution is -0.0501. The molecule has 0 aliphatic rings. The van der Waals surface area contributed by atoms with Crippen LogP contribution in [0.3, 0.4) is 0 Å². The fraction of sp³-hybridized carbons (Fsp3) is 0.125. The average molecular weight is 202 g/mol. The van der Waals surface area contributed by atoms with Crippen molar-refractivity contribution < 1.29 is 17.9 Å². The van der Waals surface area contributed by atoms with Crippen LogP contribution in [0.25, 0.3) is 0 Å². The smallest absolute Gasteiger partial charge is 0.387 e. The van der Waals surface area contributed by atoms with Crippen LogP contribution in [0.2, 0.25) is 0 Å². The summed E-state index contributed by atoms with van der Waals surface area (Å²) in [6.07, 6.45) is 0. The molecule has 0 aromatic heterocycles. The molecule has 0 bridgehead atoms. The molecule has 6 heteroatoms. The maximum Gasteiger partial charge on any atom is 0.387 e. The predicted molar refractivity (Wildman–Crippen MR) is 42.2 cm³/mol. The van der Waals surface area contributed by atoms with E-state index in [0.29, 0.717) is 6.07 Å². The lowest BCUT2D eigenvalue weighted by atomic mass is 10.2. The summed E-state index contributed by atoms with van der Waals surface area (Å²) in [6.45, 7) is -3.12. The van der Waals surface area contributed by atoms with E-state index in [-0.39, 0.29) is 11.3 Å². The molecular formula is C8H5F3N2O. The molecule has 74 valence electrons. The van der Waals surface area contributed by atoms with Crippen LogP contribution in [0.15, 0.2) is 12.1 Å². The van der Waals surface area contributed by atoms with Gasteiger partial charge >= 0.3 is 6.61 Å². The van der Waals surface area contributed by atoms with E-state index in [1.807, 2.05) is 0 Å². The van der Waals surface area contributed by atoms with Crippen molar-refractivity contribution in [2.45, 2.75) is 6.61 Å². The van der Waals surface area contributed by atoms with Crippen LogP contribution >= 0.6 is 0 Å². The number of nitrogens with zero attached hydrogens (tertiary/aromatic N) is 1. The minimum Gasteiger partial charge on any atom is -0.433 e. The van der Waals surface area contributed by atoms with E-state index in [0.717, 1.165) is 6.07 Å². The van der Waals surface area contributed by atoms with Crippen LogP contribution in [-0.2, 0) is 0 Å². The number of ether oxygens (including phenoxy) is 1. The normalized spacial score (nSPS) is 9.93. The van der Waals surface area contributed by atoms with Crippen molar-refractivity contribution in [3.8, 4) is 11.8 Å². The highest BCUT2D eigenvalue weighted by Gasteiger charge is 2.13. The molecule has 0 aliphatic heterocycles. The van der Waals surface area contributed by atoms with Gasteiger partial charge in [0, 0.05) is 6.07 Å². The summed E-state index contributed by atoms with van der Waals surface area (Å²) in [4.78, 5) is 0. The summed E-state index contributed by atoms with van der Waals surface area (Å²) in [5, 5.41) is 8.53. The highest BCUT2D eigenvalue weighted by molar-refractivity contribution is 5.61. The first-order valence-corrected chi connectivity index (χ1v) is 3.48. The van der Waals surface area contributed by atoms with Crippen LogP contribution < -0.4 is 10.5 Å². The van der Waals surface area contributed by atoms with E-state index in [1.54, 1.807) is 6.07 Å². The molecule has 0 fully saturated rings. The number of hydrogen-bond acceptors (Lipinski definition) is 3. The Morgan fingerprint density at radius 2 is 2.07 bits per heavy atom. The molecule has 0 saturated carbocycles. The second-order valence-corrected chi connectivity index (χ2v) is 2.36. The van der Waals surface area contributed by atoms with Gasteiger partial charge in [-0.3, -0.25) is 0 Å². The number of alkyl halides is 2. The van der Waals surface area contributed by atoms with Crippen molar-refractivity contribution in [2.75, 3.05) is 5.73 Å². The lowest BCUT2D eigenvalue weighted by Crippen LogP contribution is -2.05. The van der Waals surface area contributed by atoms with Crippen LogP contribution in [0.5, 0.6) is 5.75 Å². The molecule has 0 atom stereocenters. The van der Waals surface area contributed by atoms with E-state index in [1.165, 1.54) is 0 Å². The first-order valence-electron chi connectivity index (χ1n) is 3.48. The number of hydrogen-bond donors (Lipinski definition) is 1. The molecule has 2 N–H and O–H groups in total. The van der Waals surface area contributed by atoms with Gasteiger partial charge in [0.25, 0.3) is 0 Å². The number of anilines is 1. The maximum atomic E-state index is 12.7. The number of nitriles is 1. The molecule has 0 saturated heterocycles. The van der Waals surface area contributed by atoms with Crippen molar-refractivity contribution in [1.82, 2.24) is 0 Å².